The number of carbonyl (C=O) groups is 1. The van der Waals surface area contributed by atoms with Crippen LogP contribution in [0, 0.1) is 0 Å². The van der Waals surface area contributed by atoms with E-state index in [0.29, 0.717) is 12.6 Å². The molecule has 33 heavy (non-hydrogen) atoms. The highest BCUT2D eigenvalue weighted by atomic mass is 127. The van der Waals surface area contributed by atoms with Crippen molar-refractivity contribution in [1.29, 1.82) is 0 Å². The number of halogens is 1. The molecule has 0 spiro atoms. The summed E-state index contributed by atoms with van der Waals surface area (Å²) in [6.07, 6.45) is 11.2. The van der Waals surface area contributed by atoms with Gasteiger partial charge in [0.2, 0.25) is 5.91 Å². The van der Waals surface area contributed by atoms with Crippen LogP contribution in [-0.2, 0) is 22.6 Å². The van der Waals surface area contributed by atoms with E-state index in [9.17, 15) is 4.79 Å². The smallest absolute Gasteiger partial charge is 0.246 e. The largest absolute Gasteiger partial charge is 0.378 e. The molecule has 0 atom stereocenters. The van der Waals surface area contributed by atoms with E-state index < -0.39 is 0 Å². The molecule has 0 aliphatic heterocycles. The third kappa shape index (κ3) is 10.6. The second-order valence-corrected chi connectivity index (χ2v) is 8.06. The van der Waals surface area contributed by atoms with Crippen LogP contribution in [0.5, 0.6) is 0 Å². The summed E-state index contributed by atoms with van der Waals surface area (Å²) in [4.78, 5) is 16.9. The van der Waals surface area contributed by atoms with Gasteiger partial charge in [-0.05, 0) is 49.9 Å². The SMILES string of the molecule is CCNC(=NCc1cccc(NC(=O)Cn2cccn2)c1)NCCCOC1CCCCC1.I. The molecule has 182 valence electrons. The van der Waals surface area contributed by atoms with E-state index in [1.165, 1.54) is 32.1 Å². The van der Waals surface area contributed by atoms with Gasteiger partial charge in [0.1, 0.15) is 6.54 Å². The summed E-state index contributed by atoms with van der Waals surface area (Å²) in [5.41, 5.74) is 1.78. The minimum Gasteiger partial charge on any atom is -0.378 e. The number of amides is 1. The van der Waals surface area contributed by atoms with Gasteiger partial charge in [-0.2, -0.15) is 5.10 Å². The number of benzene rings is 1. The predicted molar refractivity (Wildman–Crippen MR) is 143 cm³/mol. The van der Waals surface area contributed by atoms with Crippen molar-refractivity contribution in [2.75, 3.05) is 25.0 Å². The average molecular weight is 569 g/mol. The van der Waals surface area contributed by atoms with Crippen LogP contribution < -0.4 is 16.0 Å². The molecule has 3 rings (SSSR count). The molecule has 0 saturated heterocycles. The van der Waals surface area contributed by atoms with Crippen LogP contribution in [0.15, 0.2) is 47.7 Å². The third-order valence-corrected chi connectivity index (χ3v) is 5.36. The zero-order valence-corrected chi connectivity index (χ0v) is 21.8. The molecule has 9 heteroatoms. The lowest BCUT2D eigenvalue weighted by atomic mass is 9.98. The molecule has 1 aliphatic carbocycles. The highest BCUT2D eigenvalue weighted by molar-refractivity contribution is 14.0. The van der Waals surface area contributed by atoms with E-state index in [0.717, 1.165) is 43.3 Å². The minimum absolute atomic E-state index is 0. The summed E-state index contributed by atoms with van der Waals surface area (Å²) in [5.74, 6) is 0.679. The molecule has 0 bridgehead atoms. The molecule has 1 saturated carbocycles. The summed E-state index contributed by atoms with van der Waals surface area (Å²) < 4.78 is 7.59. The molecule has 3 N–H and O–H groups in total. The molecule has 1 heterocycles. The Kier molecular flexibility index (Phi) is 12.9. The fraction of sp³-hybridized carbons (Fsp3) is 0.542. The summed E-state index contributed by atoms with van der Waals surface area (Å²) in [6.45, 7) is 5.18. The molecule has 1 amide bonds. The fourth-order valence-electron chi connectivity index (χ4n) is 3.76. The van der Waals surface area contributed by atoms with E-state index in [2.05, 4.69) is 33.0 Å². The highest BCUT2D eigenvalue weighted by Crippen LogP contribution is 2.20. The maximum atomic E-state index is 12.2. The minimum atomic E-state index is -0.111. The molecular formula is C24H37IN6O2. The van der Waals surface area contributed by atoms with Crippen molar-refractivity contribution < 1.29 is 9.53 Å². The lowest BCUT2D eigenvalue weighted by molar-refractivity contribution is -0.116. The number of rotatable bonds is 11. The Labute approximate surface area is 214 Å². The first-order chi connectivity index (χ1) is 15.7. The maximum absolute atomic E-state index is 12.2. The van der Waals surface area contributed by atoms with Crippen LogP contribution in [0.2, 0.25) is 0 Å². The van der Waals surface area contributed by atoms with Crippen molar-refractivity contribution in [1.82, 2.24) is 20.4 Å². The number of carbonyl (C=O) groups excluding carboxylic acids is 1. The number of anilines is 1. The highest BCUT2D eigenvalue weighted by Gasteiger charge is 2.13. The lowest BCUT2D eigenvalue weighted by Crippen LogP contribution is -2.38. The van der Waals surface area contributed by atoms with Gasteiger partial charge >= 0.3 is 0 Å². The first kappa shape index (κ1) is 27.1. The van der Waals surface area contributed by atoms with E-state index in [-0.39, 0.29) is 36.4 Å². The summed E-state index contributed by atoms with van der Waals surface area (Å²) in [6, 6.07) is 9.56. The van der Waals surface area contributed by atoms with Crippen molar-refractivity contribution in [3.63, 3.8) is 0 Å². The van der Waals surface area contributed by atoms with Gasteiger partial charge < -0.3 is 20.7 Å². The van der Waals surface area contributed by atoms with Gasteiger partial charge in [-0.1, -0.05) is 31.4 Å². The number of guanidine groups is 1. The van der Waals surface area contributed by atoms with Crippen LogP contribution in [0.1, 0.15) is 51.0 Å². The van der Waals surface area contributed by atoms with Gasteiger partial charge in [-0.15, -0.1) is 24.0 Å². The Morgan fingerprint density at radius 1 is 1.21 bits per heavy atom. The van der Waals surface area contributed by atoms with Gasteiger partial charge in [-0.3, -0.25) is 9.48 Å². The zero-order chi connectivity index (χ0) is 22.4. The molecule has 1 aromatic heterocycles. The van der Waals surface area contributed by atoms with Crippen LogP contribution >= 0.6 is 24.0 Å². The first-order valence-electron chi connectivity index (χ1n) is 11.7. The number of ether oxygens (including phenoxy) is 1. The second kappa shape index (κ2) is 15.7. The Morgan fingerprint density at radius 3 is 2.82 bits per heavy atom. The van der Waals surface area contributed by atoms with Gasteiger partial charge in [0.05, 0.1) is 12.6 Å². The van der Waals surface area contributed by atoms with Gasteiger partial charge in [0.25, 0.3) is 0 Å². The van der Waals surface area contributed by atoms with Crippen LogP contribution in [0.25, 0.3) is 0 Å². The standard InChI is InChI=1S/C24H36N6O2.HI/c1-2-25-24(26-13-8-16-32-22-11-4-3-5-12-22)27-18-20-9-6-10-21(17-20)29-23(31)19-30-15-7-14-28-30;/h6-7,9-10,14-15,17,22H,2-5,8,11-13,16,18-19H2,1H3,(H,29,31)(H2,25,26,27);1H. The van der Waals surface area contributed by atoms with Crippen LogP contribution in [-0.4, -0.2) is 47.4 Å². The van der Waals surface area contributed by atoms with Gasteiger partial charge in [0, 0.05) is 37.8 Å². The summed E-state index contributed by atoms with van der Waals surface area (Å²) >= 11 is 0. The van der Waals surface area contributed by atoms with E-state index in [4.69, 9.17) is 4.74 Å². The quantitative estimate of drug-likeness (QED) is 0.165. The molecule has 1 fully saturated rings. The summed E-state index contributed by atoms with van der Waals surface area (Å²) in [5, 5.41) is 13.6. The fourth-order valence-corrected chi connectivity index (χ4v) is 3.76. The van der Waals surface area contributed by atoms with Crippen molar-refractivity contribution in [2.45, 2.75) is 64.6 Å². The van der Waals surface area contributed by atoms with Crippen molar-refractivity contribution in [3.05, 3.63) is 48.3 Å². The molecule has 0 radical (unpaired) electrons. The Bertz CT molecular complexity index is 837. The monoisotopic (exact) mass is 568 g/mol. The number of nitrogens with zero attached hydrogens (tertiary/aromatic N) is 3. The number of aliphatic imine (C=N–C) groups is 1. The van der Waals surface area contributed by atoms with Crippen LogP contribution in [0.3, 0.4) is 0 Å². The molecular weight excluding hydrogens is 531 g/mol. The topological polar surface area (TPSA) is 92.6 Å². The summed E-state index contributed by atoms with van der Waals surface area (Å²) in [7, 11) is 0. The zero-order valence-electron chi connectivity index (χ0n) is 19.5. The van der Waals surface area contributed by atoms with Gasteiger partial charge in [-0.25, -0.2) is 4.99 Å². The Morgan fingerprint density at radius 2 is 2.06 bits per heavy atom. The number of aromatic nitrogens is 2. The number of nitrogens with one attached hydrogen (secondary N) is 3. The van der Waals surface area contributed by atoms with E-state index in [1.807, 2.05) is 24.3 Å². The third-order valence-electron chi connectivity index (χ3n) is 5.36. The molecule has 2 aromatic rings. The normalized spacial score (nSPS) is 14.4. The number of hydrogen-bond donors (Lipinski definition) is 3. The molecule has 0 unspecified atom stereocenters. The lowest BCUT2D eigenvalue weighted by Gasteiger charge is -2.22. The molecule has 8 nitrogen and oxygen atoms in total. The maximum Gasteiger partial charge on any atom is 0.246 e. The van der Waals surface area contributed by atoms with Crippen LogP contribution in [0.4, 0.5) is 5.69 Å². The first-order valence-corrected chi connectivity index (χ1v) is 11.7. The van der Waals surface area contributed by atoms with Crippen molar-refractivity contribution in [3.8, 4) is 0 Å². The number of hydrogen-bond acceptors (Lipinski definition) is 4. The average Bonchev–Trinajstić information content (AvgIpc) is 3.31. The second-order valence-electron chi connectivity index (χ2n) is 8.06. The van der Waals surface area contributed by atoms with E-state index in [1.54, 1.807) is 23.1 Å². The predicted octanol–water partition coefficient (Wildman–Crippen LogP) is 3.93. The van der Waals surface area contributed by atoms with Gasteiger partial charge in [0.15, 0.2) is 5.96 Å². The van der Waals surface area contributed by atoms with E-state index >= 15 is 0 Å². The molecule has 1 aromatic carbocycles. The van der Waals surface area contributed by atoms with Crippen molar-refractivity contribution in [2.24, 2.45) is 4.99 Å². The Hall–Kier alpha value is -2.14. The Balaban J connectivity index is 0.00000385. The van der Waals surface area contributed by atoms with Crippen molar-refractivity contribution >= 4 is 41.5 Å². The molecule has 1 aliphatic rings.